The molecule has 0 saturated carbocycles. The van der Waals surface area contributed by atoms with Gasteiger partial charge >= 0.3 is 6.03 Å². The van der Waals surface area contributed by atoms with Gasteiger partial charge in [-0.05, 0) is 31.5 Å². The Morgan fingerprint density at radius 1 is 1.15 bits per heavy atom. The van der Waals surface area contributed by atoms with Crippen molar-refractivity contribution in [2.24, 2.45) is 0 Å². The summed E-state index contributed by atoms with van der Waals surface area (Å²) >= 11 is 12.0. The van der Waals surface area contributed by atoms with E-state index in [1.54, 1.807) is 29.2 Å². The SMILES string of the molecule is Cc1cc(NCCCO)nc(N2CCN(c3ccc(Cl)c(Cl)c3)C2=O)n1. The lowest BCUT2D eigenvalue weighted by Gasteiger charge is -2.18. The predicted molar refractivity (Wildman–Crippen MR) is 104 cm³/mol. The van der Waals surface area contributed by atoms with Gasteiger partial charge in [-0.1, -0.05) is 23.2 Å². The highest BCUT2D eigenvalue weighted by Gasteiger charge is 2.32. The molecule has 2 heterocycles. The van der Waals surface area contributed by atoms with E-state index in [1.165, 1.54) is 4.90 Å². The number of amides is 2. The fraction of sp³-hybridized carbons (Fsp3) is 0.353. The van der Waals surface area contributed by atoms with Crippen LogP contribution in [0.15, 0.2) is 24.3 Å². The zero-order valence-electron chi connectivity index (χ0n) is 14.2. The summed E-state index contributed by atoms with van der Waals surface area (Å²) in [5, 5.41) is 12.9. The summed E-state index contributed by atoms with van der Waals surface area (Å²) in [7, 11) is 0. The summed E-state index contributed by atoms with van der Waals surface area (Å²) in [6, 6.07) is 6.69. The third-order valence-electron chi connectivity index (χ3n) is 3.95. The van der Waals surface area contributed by atoms with E-state index in [0.29, 0.717) is 53.6 Å². The number of nitrogens with zero attached hydrogens (tertiary/aromatic N) is 4. The number of aromatic nitrogens is 2. The summed E-state index contributed by atoms with van der Waals surface area (Å²) in [4.78, 5) is 24.8. The molecule has 1 aliphatic heterocycles. The molecule has 138 valence electrons. The smallest absolute Gasteiger partial charge is 0.331 e. The van der Waals surface area contributed by atoms with E-state index >= 15 is 0 Å². The highest BCUT2D eigenvalue weighted by atomic mass is 35.5. The quantitative estimate of drug-likeness (QED) is 0.732. The topological polar surface area (TPSA) is 81.6 Å². The molecule has 0 aliphatic carbocycles. The summed E-state index contributed by atoms with van der Waals surface area (Å²) in [6.45, 7) is 3.52. The Kier molecular flexibility index (Phi) is 5.80. The van der Waals surface area contributed by atoms with Gasteiger partial charge < -0.3 is 10.4 Å². The van der Waals surface area contributed by atoms with Crippen molar-refractivity contribution in [1.82, 2.24) is 9.97 Å². The predicted octanol–water partition coefficient (Wildman–Crippen LogP) is 3.33. The van der Waals surface area contributed by atoms with Gasteiger partial charge in [-0.15, -0.1) is 0 Å². The van der Waals surface area contributed by atoms with Crippen molar-refractivity contribution < 1.29 is 9.90 Å². The van der Waals surface area contributed by atoms with Gasteiger partial charge in [0, 0.05) is 43.7 Å². The highest BCUT2D eigenvalue weighted by molar-refractivity contribution is 6.42. The zero-order valence-corrected chi connectivity index (χ0v) is 15.8. The molecule has 2 amide bonds. The molecule has 1 aromatic carbocycles. The zero-order chi connectivity index (χ0) is 18.7. The normalized spacial score (nSPS) is 14.2. The molecule has 26 heavy (non-hydrogen) atoms. The van der Waals surface area contributed by atoms with Gasteiger partial charge in [0.25, 0.3) is 0 Å². The number of carbonyl (C=O) groups is 1. The minimum Gasteiger partial charge on any atom is -0.396 e. The van der Waals surface area contributed by atoms with E-state index in [4.69, 9.17) is 28.3 Å². The number of hydrogen-bond donors (Lipinski definition) is 2. The van der Waals surface area contributed by atoms with Gasteiger partial charge in [-0.25, -0.2) is 9.78 Å². The largest absolute Gasteiger partial charge is 0.396 e. The van der Waals surface area contributed by atoms with Gasteiger partial charge in [0.15, 0.2) is 0 Å². The van der Waals surface area contributed by atoms with Crippen LogP contribution in [-0.4, -0.2) is 47.3 Å². The number of anilines is 3. The Hall–Kier alpha value is -2.09. The molecule has 9 heteroatoms. The number of rotatable bonds is 6. The number of halogens is 2. The molecule has 0 atom stereocenters. The van der Waals surface area contributed by atoms with Crippen LogP contribution in [0, 0.1) is 6.92 Å². The monoisotopic (exact) mass is 395 g/mol. The third kappa shape index (κ3) is 4.00. The molecule has 0 radical (unpaired) electrons. The van der Waals surface area contributed by atoms with Gasteiger partial charge in [-0.2, -0.15) is 4.98 Å². The minimum absolute atomic E-state index is 0.104. The lowest BCUT2D eigenvalue weighted by Crippen LogP contribution is -2.33. The minimum atomic E-state index is -0.213. The maximum Gasteiger partial charge on any atom is 0.331 e. The molecule has 2 aromatic rings. The van der Waals surface area contributed by atoms with Crippen LogP contribution in [0.4, 0.5) is 22.2 Å². The number of hydrogen-bond acceptors (Lipinski definition) is 5. The second kappa shape index (κ2) is 8.07. The third-order valence-corrected chi connectivity index (χ3v) is 4.69. The maximum atomic E-state index is 12.8. The molecular formula is C17H19Cl2N5O2. The Bertz CT molecular complexity index is 818. The molecule has 1 saturated heterocycles. The van der Waals surface area contributed by atoms with E-state index in [9.17, 15) is 4.79 Å². The van der Waals surface area contributed by atoms with Gasteiger partial charge in [0.05, 0.1) is 10.0 Å². The number of nitrogens with one attached hydrogen (secondary N) is 1. The van der Waals surface area contributed by atoms with Crippen molar-refractivity contribution in [3.05, 3.63) is 40.0 Å². The number of aryl methyl sites for hydroxylation is 1. The summed E-state index contributed by atoms with van der Waals surface area (Å²) in [6.07, 6.45) is 0.617. The van der Waals surface area contributed by atoms with E-state index in [1.807, 2.05) is 6.92 Å². The summed E-state index contributed by atoms with van der Waals surface area (Å²) in [5.41, 5.74) is 1.43. The van der Waals surface area contributed by atoms with Crippen molar-refractivity contribution >= 4 is 46.7 Å². The highest BCUT2D eigenvalue weighted by Crippen LogP contribution is 2.30. The first kappa shape index (κ1) is 18.7. The molecule has 7 nitrogen and oxygen atoms in total. The van der Waals surface area contributed by atoms with Crippen LogP contribution in [0.1, 0.15) is 12.1 Å². The number of urea groups is 1. The van der Waals surface area contributed by atoms with Crippen molar-refractivity contribution in [3.8, 4) is 0 Å². The van der Waals surface area contributed by atoms with Gasteiger partial charge in [-0.3, -0.25) is 9.80 Å². The van der Waals surface area contributed by atoms with E-state index < -0.39 is 0 Å². The van der Waals surface area contributed by atoms with Crippen molar-refractivity contribution in [2.45, 2.75) is 13.3 Å². The van der Waals surface area contributed by atoms with Crippen LogP contribution in [0.3, 0.4) is 0 Å². The fourth-order valence-corrected chi connectivity index (χ4v) is 2.97. The van der Waals surface area contributed by atoms with Crippen molar-refractivity contribution in [2.75, 3.05) is 41.4 Å². The van der Waals surface area contributed by atoms with Crippen molar-refractivity contribution in [3.63, 3.8) is 0 Å². The maximum absolute atomic E-state index is 12.8. The molecule has 1 aliphatic rings. The van der Waals surface area contributed by atoms with E-state index in [-0.39, 0.29) is 12.6 Å². The molecule has 0 unspecified atom stereocenters. The standard InChI is InChI=1S/C17H19Cl2N5O2/c1-11-9-15(20-5-2-8-25)22-16(21-11)24-7-6-23(17(24)26)12-3-4-13(18)14(19)10-12/h3-4,9-10,25H,2,5-8H2,1H3,(H,20,21,22). The molecular weight excluding hydrogens is 377 g/mol. The number of aliphatic hydroxyl groups is 1. The van der Waals surface area contributed by atoms with Crippen LogP contribution < -0.4 is 15.1 Å². The number of carbonyl (C=O) groups excluding carboxylic acids is 1. The molecule has 1 aromatic heterocycles. The number of aliphatic hydroxyl groups excluding tert-OH is 1. The first-order chi connectivity index (χ1) is 12.5. The summed E-state index contributed by atoms with van der Waals surface area (Å²) < 4.78 is 0. The lowest BCUT2D eigenvalue weighted by atomic mass is 10.3. The Labute approximate surface area is 161 Å². The Balaban J connectivity index is 1.80. The van der Waals surface area contributed by atoms with Crippen LogP contribution in [0.25, 0.3) is 0 Å². The van der Waals surface area contributed by atoms with Crippen LogP contribution in [-0.2, 0) is 0 Å². The molecule has 3 rings (SSSR count). The second-order valence-corrected chi connectivity index (χ2v) is 6.70. The van der Waals surface area contributed by atoms with E-state index in [0.717, 1.165) is 5.69 Å². The number of benzene rings is 1. The first-order valence-electron chi connectivity index (χ1n) is 8.24. The Morgan fingerprint density at radius 3 is 2.65 bits per heavy atom. The molecule has 1 fully saturated rings. The molecule has 0 spiro atoms. The molecule has 0 bridgehead atoms. The average molecular weight is 396 g/mol. The van der Waals surface area contributed by atoms with E-state index in [2.05, 4.69) is 15.3 Å². The first-order valence-corrected chi connectivity index (χ1v) is 8.99. The second-order valence-electron chi connectivity index (χ2n) is 5.88. The van der Waals surface area contributed by atoms with Gasteiger partial charge in [0.1, 0.15) is 5.82 Å². The fourth-order valence-electron chi connectivity index (χ4n) is 2.67. The van der Waals surface area contributed by atoms with Gasteiger partial charge in [0.2, 0.25) is 5.95 Å². The van der Waals surface area contributed by atoms with Crippen LogP contribution in [0.5, 0.6) is 0 Å². The Morgan fingerprint density at radius 2 is 1.92 bits per heavy atom. The average Bonchev–Trinajstić information content (AvgIpc) is 2.99. The van der Waals surface area contributed by atoms with Crippen molar-refractivity contribution in [1.29, 1.82) is 0 Å². The van der Waals surface area contributed by atoms with Crippen LogP contribution in [0.2, 0.25) is 10.0 Å². The lowest BCUT2D eigenvalue weighted by molar-refractivity contribution is 0.255. The molecule has 2 N–H and O–H groups in total. The van der Waals surface area contributed by atoms with Crippen LogP contribution >= 0.6 is 23.2 Å². The summed E-state index contributed by atoms with van der Waals surface area (Å²) in [5.74, 6) is 0.978.